The van der Waals surface area contributed by atoms with E-state index in [2.05, 4.69) is 16.1 Å². The standard InChI is InChI=1S/C33H43N5O6/c1-19(2)28-29(40)34-20(3)30(41)38-17-5-6-26(37-38)31(42)44-21(4)25-10-9-23-8-7-22(18-27(23)35-25)11-14-33(32(43)36-28)15-12-24(39)13-16-33/h7-11,14,18-21,24,26,28,37,39H,5-6,12-13,15-17H2,1-4H3,(H,34,40)(H,36,43)/t20-,21+,24?,26-,28-,33?/m0/s1. The van der Waals surface area contributed by atoms with Crippen LogP contribution < -0.4 is 16.1 Å². The van der Waals surface area contributed by atoms with Gasteiger partial charge in [-0.1, -0.05) is 44.2 Å². The average Bonchev–Trinajstić information content (AvgIpc) is 3.01. The first kappa shape index (κ1) is 31.6. The van der Waals surface area contributed by atoms with Gasteiger partial charge in [-0.15, -0.1) is 0 Å². The third-order valence-corrected chi connectivity index (χ3v) is 9.04. The van der Waals surface area contributed by atoms with E-state index < -0.39 is 53.5 Å². The molecule has 1 saturated carbocycles. The van der Waals surface area contributed by atoms with E-state index in [1.165, 1.54) is 5.01 Å². The number of benzene rings is 1. The van der Waals surface area contributed by atoms with Crippen LogP contribution in [0.2, 0.25) is 0 Å². The molecule has 5 bridgehead atoms. The Kier molecular flexibility index (Phi) is 9.36. The van der Waals surface area contributed by atoms with E-state index in [1.54, 1.807) is 13.8 Å². The number of ether oxygens (including phenoxy) is 1. The quantitative estimate of drug-likeness (QED) is 0.363. The van der Waals surface area contributed by atoms with Crippen molar-refractivity contribution in [3.63, 3.8) is 0 Å². The van der Waals surface area contributed by atoms with Gasteiger partial charge in [-0.05, 0) is 76.0 Å². The number of amides is 3. The first-order valence-electron chi connectivity index (χ1n) is 15.6. The van der Waals surface area contributed by atoms with Crippen molar-refractivity contribution in [3.05, 3.63) is 47.7 Å². The Balaban J connectivity index is 1.53. The van der Waals surface area contributed by atoms with E-state index in [-0.39, 0.29) is 11.8 Å². The normalized spacial score (nSPS) is 30.8. The number of nitrogens with zero attached hydrogens (tertiary/aromatic N) is 2. The molecule has 1 aromatic heterocycles. The molecule has 0 unspecified atom stereocenters. The van der Waals surface area contributed by atoms with Gasteiger partial charge in [-0.25, -0.2) is 10.4 Å². The number of rotatable bonds is 1. The highest BCUT2D eigenvalue weighted by atomic mass is 16.5. The van der Waals surface area contributed by atoms with Crippen LogP contribution in [0.4, 0.5) is 0 Å². The Morgan fingerprint density at radius 3 is 2.48 bits per heavy atom. The summed E-state index contributed by atoms with van der Waals surface area (Å²) in [5.41, 5.74) is 4.21. The monoisotopic (exact) mass is 605 g/mol. The number of hydrogen-bond donors (Lipinski definition) is 4. The predicted octanol–water partition coefficient (Wildman–Crippen LogP) is 2.93. The summed E-state index contributed by atoms with van der Waals surface area (Å²) in [6.07, 6.45) is 5.53. The molecule has 2 fully saturated rings. The molecule has 11 heteroatoms. The number of aliphatic hydroxyl groups excluding tert-OH is 1. The van der Waals surface area contributed by atoms with Crippen molar-refractivity contribution in [3.8, 4) is 0 Å². The fourth-order valence-electron chi connectivity index (χ4n) is 6.17. The van der Waals surface area contributed by atoms with Gasteiger partial charge in [0.25, 0.3) is 5.91 Å². The molecule has 0 radical (unpaired) electrons. The second-order valence-electron chi connectivity index (χ2n) is 12.7. The molecule has 4 atom stereocenters. The van der Waals surface area contributed by atoms with Crippen molar-refractivity contribution in [1.82, 2.24) is 26.1 Å². The highest BCUT2D eigenvalue weighted by molar-refractivity contribution is 5.94. The fourth-order valence-corrected chi connectivity index (χ4v) is 6.17. The highest BCUT2D eigenvalue weighted by Crippen LogP contribution is 2.39. The number of aromatic nitrogens is 1. The number of fused-ring (bicyclic) bond motifs is 4. The molecule has 1 aromatic carbocycles. The van der Waals surface area contributed by atoms with Gasteiger partial charge in [-0.3, -0.25) is 24.2 Å². The summed E-state index contributed by atoms with van der Waals surface area (Å²) in [5, 5.41) is 18.3. The topological polar surface area (TPSA) is 150 Å². The lowest BCUT2D eigenvalue weighted by Crippen LogP contribution is -2.61. The summed E-state index contributed by atoms with van der Waals surface area (Å²) < 4.78 is 5.78. The first-order chi connectivity index (χ1) is 21.0. The lowest BCUT2D eigenvalue weighted by atomic mass is 9.71. The smallest absolute Gasteiger partial charge is 0.325 e. The zero-order valence-electron chi connectivity index (χ0n) is 25.8. The van der Waals surface area contributed by atoms with E-state index in [0.29, 0.717) is 56.3 Å². The molecule has 2 aromatic rings. The van der Waals surface area contributed by atoms with Crippen LogP contribution in [-0.2, 0) is 23.9 Å². The molecule has 2 aliphatic heterocycles. The Bertz CT molecular complexity index is 1450. The number of carbonyl (C=O) groups excluding carboxylic acids is 4. The molecule has 236 valence electrons. The zero-order chi connectivity index (χ0) is 31.6. The molecular formula is C33H43N5O6. The predicted molar refractivity (Wildman–Crippen MR) is 164 cm³/mol. The molecule has 1 spiro atoms. The molecule has 5 rings (SSSR count). The van der Waals surface area contributed by atoms with Crippen molar-refractivity contribution < 1.29 is 29.0 Å². The number of esters is 1. The number of cyclic esters (lactones) is 1. The summed E-state index contributed by atoms with van der Waals surface area (Å²) in [5.74, 6) is -1.89. The molecule has 4 N–H and O–H groups in total. The third-order valence-electron chi connectivity index (χ3n) is 9.04. The number of pyridine rings is 1. The minimum absolute atomic E-state index is 0.256. The molecule has 3 aliphatic rings. The lowest BCUT2D eigenvalue weighted by Gasteiger charge is -2.37. The zero-order valence-corrected chi connectivity index (χ0v) is 25.8. The molecule has 11 nitrogen and oxygen atoms in total. The number of nitrogens with one attached hydrogen (secondary N) is 3. The van der Waals surface area contributed by atoms with Crippen LogP contribution in [0.1, 0.15) is 83.6 Å². The van der Waals surface area contributed by atoms with Gasteiger partial charge >= 0.3 is 5.97 Å². The van der Waals surface area contributed by atoms with Crippen LogP contribution in [0.25, 0.3) is 17.0 Å². The van der Waals surface area contributed by atoms with E-state index >= 15 is 0 Å². The van der Waals surface area contributed by atoms with Crippen molar-refractivity contribution in [2.75, 3.05) is 6.54 Å². The van der Waals surface area contributed by atoms with Crippen LogP contribution >= 0.6 is 0 Å². The van der Waals surface area contributed by atoms with E-state index in [1.807, 2.05) is 56.3 Å². The van der Waals surface area contributed by atoms with Gasteiger partial charge in [0.1, 0.15) is 24.2 Å². The van der Waals surface area contributed by atoms with Gasteiger partial charge in [0.2, 0.25) is 11.8 Å². The van der Waals surface area contributed by atoms with Gasteiger partial charge in [-0.2, -0.15) is 0 Å². The Hall–Kier alpha value is -3.83. The summed E-state index contributed by atoms with van der Waals surface area (Å²) >= 11 is 0. The van der Waals surface area contributed by atoms with Crippen LogP contribution in [0.3, 0.4) is 0 Å². The van der Waals surface area contributed by atoms with Crippen molar-refractivity contribution in [2.24, 2.45) is 11.3 Å². The summed E-state index contributed by atoms with van der Waals surface area (Å²) in [7, 11) is 0. The lowest BCUT2D eigenvalue weighted by molar-refractivity contribution is -0.157. The minimum atomic E-state index is -0.924. The minimum Gasteiger partial charge on any atom is -0.455 e. The SMILES string of the molecule is CC(C)[C@@H]1NC(=O)C2(C=Cc3ccc4ccc(nc4c3)[C@@H](C)OC(=O)[C@@H]3CCCN(N3)C(=O)[C@H](C)NC1=O)CCC(O)CC2. The van der Waals surface area contributed by atoms with Crippen LogP contribution in [0.15, 0.2) is 36.4 Å². The van der Waals surface area contributed by atoms with Crippen LogP contribution in [-0.4, -0.2) is 69.6 Å². The maximum Gasteiger partial charge on any atom is 0.325 e. The maximum absolute atomic E-state index is 14.0. The molecule has 44 heavy (non-hydrogen) atoms. The Morgan fingerprint density at radius 1 is 1.02 bits per heavy atom. The number of aliphatic hydroxyl groups is 1. The Morgan fingerprint density at radius 2 is 1.75 bits per heavy atom. The van der Waals surface area contributed by atoms with Gasteiger partial charge < -0.3 is 20.5 Å². The Labute approximate surface area is 257 Å². The van der Waals surface area contributed by atoms with Crippen molar-refractivity contribution >= 4 is 40.7 Å². The summed E-state index contributed by atoms with van der Waals surface area (Å²) in [6, 6.07) is 7.07. The summed E-state index contributed by atoms with van der Waals surface area (Å²) in [6.45, 7) is 7.40. The van der Waals surface area contributed by atoms with E-state index in [0.717, 1.165) is 10.9 Å². The largest absolute Gasteiger partial charge is 0.455 e. The van der Waals surface area contributed by atoms with Crippen molar-refractivity contribution in [1.29, 1.82) is 0 Å². The number of hydrazine groups is 1. The molecular weight excluding hydrogens is 562 g/mol. The molecule has 1 aliphatic carbocycles. The van der Waals surface area contributed by atoms with Crippen LogP contribution in [0.5, 0.6) is 0 Å². The summed E-state index contributed by atoms with van der Waals surface area (Å²) in [4.78, 5) is 58.7. The fraction of sp³-hybridized carbons (Fsp3) is 0.545. The molecule has 3 heterocycles. The third kappa shape index (κ3) is 6.78. The number of carbonyl (C=O) groups is 4. The van der Waals surface area contributed by atoms with Crippen LogP contribution in [0, 0.1) is 11.3 Å². The maximum atomic E-state index is 14.0. The average molecular weight is 606 g/mol. The van der Waals surface area contributed by atoms with Gasteiger partial charge in [0, 0.05) is 11.9 Å². The van der Waals surface area contributed by atoms with E-state index in [9.17, 15) is 24.3 Å². The second kappa shape index (κ2) is 13.0. The number of hydrogen-bond acceptors (Lipinski definition) is 8. The highest BCUT2D eigenvalue weighted by Gasteiger charge is 2.42. The van der Waals surface area contributed by atoms with Gasteiger partial charge in [0.15, 0.2) is 0 Å². The second-order valence-corrected chi connectivity index (χ2v) is 12.7. The molecule has 1 saturated heterocycles. The van der Waals surface area contributed by atoms with E-state index in [4.69, 9.17) is 9.72 Å². The molecule has 3 amide bonds. The first-order valence-corrected chi connectivity index (χ1v) is 15.6. The van der Waals surface area contributed by atoms with Crippen molar-refractivity contribution in [2.45, 2.75) is 96.6 Å². The van der Waals surface area contributed by atoms with Gasteiger partial charge in [0.05, 0.1) is 22.7 Å².